The van der Waals surface area contributed by atoms with E-state index in [0.717, 1.165) is 18.4 Å². The van der Waals surface area contributed by atoms with Gasteiger partial charge in [-0.25, -0.2) is 9.37 Å². The SMILES string of the molecule is O=C(Nc1ccc2oc(-c3ccnc(C(=O)N4CCC([C@H](c5ccccc5)n5nnc(CO)n5)CC4)c3)nc2c1)[C@@H]1C[C@@H]1F. The first-order valence-electron chi connectivity index (χ1n) is 14.5. The average Bonchev–Trinajstić information content (AvgIpc) is 3.41. The fourth-order valence-corrected chi connectivity index (χ4v) is 5.74. The normalized spacial score (nSPS) is 19.2. The van der Waals surface area contributed by atoms with E-state index >= 15 is 0 Å². The van der Waals surface area contributed by atoms with E-state index < -0.39 is 12.1 Å². The number of oxazole rings is 1. The lowest BCUT2D eigenvalue weighted by Crippen LogP contribution is -2.41. The van der Waals surface area contributed by atoms with Gasteiger partial charge in [0.05, 0.1) is 5.92 Å². The van der Waals surface area contributed by atoms with Gasteiger partial charge in [-0.3, -0.25) is 14.6 Å². The minimum Gasteiger partial charge on any atom is -0.436 e. The van der Waals surface area contributed by atoms with Crippen molar-refractivity contribution >= 4 is 28.6 Å². The highest BCUT2D eigenvalue weighted by Crippen LogP contribution is 2.36. The van der Waals surface area contributed by atoms with E-state index in [2.05, 4.69) is 30.7 Å². The number of aromatic nitrogens is 6. The molecule has 1 saturated heterocycles. The predicted octanol–water partition coefficient (Wildman–Crippen LogP) is 3.81. The van der Waals surface area contributed by atoms with Crippen molar-refractivity contribution in [1.29, 1.82) is 0 Å². The van der Waals surface area contributed by atoms with Crippen molar-refractivity contribution in [2.45, 2.75) is 38.1 Å². The monoisotopic (exact) mass is 596 g/mol. The van der Waals surface area contributed by atoms with Crippen LogP contribution in [0.4, 0.5) is 10.1 Å². The van der Waals surface area contributed by atoms with Gasteiger partial charge in [-0.15, -0.1) is 10.2 Å². The zero-order chi connectivity index (χ0) is 30.2. The van der Waals surface area contributed by atoms with Crippen molar-refractivity contribution in [3.8, 4) is 11.5 Å². The number of rotatable bonds is 8. The number of tetrazole rings is 1. The van der Waals surface area contributed by atoms with Gasteiger partial charge in [0.2, 0.25) is 11.8 Å². The Balaban J connectivity index is 1.05. The zero-order valence-corrected chi connectivity index (χ0v) is 23.6. The first-order chi connectivity index (χ1) is 21.5. The van der Waals surface area contributed by atoms with Gasteiger partial charge in [0.15, 0.2) is 11.4 Å². The third kappa shape index (κ3) is 5.53. The Morgan fingerprint density at radius 1 is 1.09 bits per heavy atom. The van der Waals surface area contributed by atoms with Gasteiger partial charge in [0.1, 0.15) is 30.0 Å². The van der Waals surface area contributed by atoms with Crippen molar-refractivity contribution < 1.29 is 23.5 Å². The van der Waals surface area contributed by atoms with Crippen LogP contribution in [0.3, 0.4) is 0 Å². The second kappa shape index (κ2) is 11.6. The summed E-state index contributed by atoms with van der Waals surface area (Å²) >= 11 is 0. The number of fused-ring (bicyclic) bond motifs is 1. The molecule has 0 radical (unpaired) electrons. The molecule has 1 aliphatic carbocycles. The van der Waals surface area contributed by atoms with E-state index in [0.29, 0.717) is 41.3 Å². The summed E-state index contributed by atoms with van der Waals surface area (Å²) in [5.74, 6) is -0.385. The number of alkyl halides is 1. The number of halogens is 1. The third-order valence-electron chi connectivity index (χ3n) is 8.20. The summed E-state index contributed by atoms with van der Waals surface area (Å²) in [4.78, 5) is 37.9. The predicted molar refractivity (Wildman–Crippen MR) is 156 cm³/mol. The van der Waals surface area contributed by atoms with Crippen LogP contribution in [0, 0.1) is 11.8 Å². The van der Waals surface area contributed by atoms with E-state index in [1.54, 1.807) is 46.2 Å². The smallest absolute Gasteiger partial charge is 0.272 e. The molecule has 2 aromatic carbocycles. The maximum Gasteiger partial charge on any atom is 0.272 e. The summed E-state index contributed by atoms with van der Waals surface area (Å²) in [5.41, 5.74) is 3.47. The Labute approximate surface area is 250 Å². The molecule has 224 valence electrons. The molecule has 2 fully saturated rings. The van der Waals surface area contributed by atoms with Gasteiger partial charge < -0.3 is 19.7 Å². The number of likely N-dealkylation sites (tertiary alicyclic amines) is 1. The zero-order valence-electron chi connectivity index (χ0n) is 23.6. The molecule has 3 aromatic heterocycles. The van der Waals surface area contributed by atoms with Gasteiger partial charge >= 0.3 is 0 Å². The quantitative estimate of drug-likeness (QED) is 0.272. The lowest BCUT2D eigenvalue weighted by Gasteiger charge is -2.35. The second-order valence-electron chi connectivity index (χ2n) is 11.1. The number of nitrogens with zero attached hydrogens (tertiary/aromatic N) is 7. The van der Waals surface area contributed by atoms with Crippen molar-refractivity contribution in [2.24, 2.45) is 11.8 Å². The standard InChI is InChI=1S/C31H29FN8O4/c32-23-16-22(23)29(42)34-21-6-7-26-24(15-21)35-30(44-26)20-8-11-33-25(14-20)31(43)39-12-9-19(10-13-39)28(18-4-2-1-3-5-18)40-37-27(17-41)36-38-40/h1-8,11,14-15,19,22-23,28,41H,9-10,12-13,16-17H2,(H,34,42)/t22-,23+,28+/m1/s1. The van der Waals surface area contributed by atoms with E-state index in [1.165, 1.54) is 0 Å². The molecule has 5 aromatic rings. The minimum absolute atomic E-state index is 0.151. The molecular formula is C31H29FN8O4. The van der Waals surface area contributed by atoms with Crippen LogP contribution >= 0.6 is 0 Å². The largest absolute Gasteiger partial charge is 0.436 e. The van der Waals surface area contributed by atoms with Crippen LogP contribution in [-0.2, 0) is 11.4 Å². The first kappa shape index (κ1) is 27.8. The van der Waals surface area contributed by atoms with Gasteiger partial charge in [-0.05, 0) is 66.3 Å². The number of piperidine rings is 1. The molecule has 2 N–H and O–H groups in total. The Morgan fingerprint density at radius 3 is 2.61 bits per heavy atom. The Morgan fingerprint density at radius 2 is 1.89 bits per heavy atom. The summed E-state index contributed by atoms with van der Waals surface area (Å²) in [5, 5.41) is 24.7. The number of anilines is 1. The Bertz CT molecular complexity index is 1820. The summed E-state index contributed by atoms with van der Waals surface area (Å²) in [6.45, 7) is 0.773. The number of aliphatic hydroxyl groups excluding tert-OH is 1. The number of hydrogen-bond acceptors (Lipinski definition) is 9. The van der Waals surface area contributed by atoms with Crippen molar-refractivity contribution in [3.05, 3.63) is 83.9 Å². The van der Waals surface area contributed by atoms with Crippen LogP contribution in [0.5, 0.6) is 0 Å². The fourth-order valence-electron chi connectivity index (χ4n) is 5.74. The molecule has 4 heterocycles. The van der Waals surface area contributed by atoms with Crippen molar-refractivity contribution in [3.63, 3.8) is 0 Å². The van der Waals surface area contributed by atoms with Gasteiger partial charge in [0.25, 0.3) is 5.91 Å². The number of pyridine rings is 1. The molecule has 44 heavy (non-hydrogen) atoms. The van der Waals surface area contributed by atoms with Crippen LogP contribution in [0.1, 0.15) is 47.2 Å². The lowest BCUT2D eigenvalue weighted by molar-refractivity contribution is -0.117. The molecule has 7 rings (SSSR count). The van der Waals surface area contributed by atoms with E-state index in [-0.39, 0.29) is 48.3 Å². The van der Waals surface area contributed by atoms with E-state index in [9.17, 15) is 19.1 Å². The molecule has 12 nitrogen and oxygen atoms in total. The molecule has 3 atom stereocenters. The molecule has 13 heteroatoms. The van der Waals surface area contributed by atoms with Gasteiger partial charge in [-0.2, -0.15) is 4.80 Å². The van der Waals surface area contributed by atoms with Crippen molar-refractivity contribution in [1.82, 2.24) is 35.1 Å². The summed E-state index contributed by atoms with van der Waals surface area (Å²) in [6, 6.07) is 18.2. The van der Waals surface area contributed by atoms with Crippen LogP contribution in [-0.4, -0.2) is 71.3 Å². The van der Waals surface area contributed by atoms with Gasteiger partial charge in [-0.1, -0.05) is 30.3 Å². The number of benzene rings is 2. The lowest BCUT2D eigenvalue weighted by atomic mass is 9.85. The second-order valence-corrected chi connectivity index (χ2v) is 11.1. The average molecular weight is 597 g/mol. The molecule has 0 unspecified atom stereocenters. The fraction of sp³-hybridized carbons (Fsp3) is 0.323. The van der Waals surface area contributed by atoms with Crippen LogP contribution in [0.25, 0.3) is 22.6 Å². The highest BCUT2D eigenvalue weighted by molar-refractivity contribution is 5.96. The number of amides is 2. The van der Waals surface area contributed by atoms with E-state index in [1.807, 2.05) is 30.3 Å². The van der Waals surface area contributed by atoms with Crippen LogP contribution in [0.2, 0.25) is 0 Å². The summed E-state index contributed by atoms with van der Waals surface area (Å²) in [6.07, 6.45) is 2.18. The Hall–Kier alpha value is -5.04. The number of aliphatic hydroxyl groups is 1. The Kier molecular flexibility index (Phi) is 7.30. The molecular weight excluding hydrogens is 567 g/mol. The topological polar surface area (TPSA) is 152 Å². The highest BCUT2D eigenvalue weighted by Gasteiger charge is 2.43. The molecule has 2 aliphatic rings. The highest BCUT2D eigenvalue weighted by atomic mass is 19.1. The van der Waals surface area contributed by atoms with Crippen LogP contribution in [0.15, 0.2) is 71.3 Å². The van der Waals surface area contributed by atoms with Crippen LogP contribution < -0.4 is 5.32 Å². The van der Waals surface area contributed by atoms with Crippen molar-refractivity contribution in [2.75, 3.05) is 18.4 Å². The van der Waals surface area contributed by atoms with E-state index in [4.69, 9.17) is 4.42 Å². The molecule has 1 aliphatic heterocycles. The maximum absolute atomic E-state index is 13.5. The number of hydrogen-bond donors (Lipinski definition) is 2. The molecule has 0 spiro atoms. The number of carbonyl (C=O) groups excluding carboxylic acids is 2. The minimum atomic E-state index is -1.07. The molecule has 0 bridgehead atoms. The number of carbonyl (C=O) groups is 2. The number of nitrogens with one attached hydrogen (secondary N) is 1. The molecule has 2 amide bonds. The first-order valence-corrected chi connectivity index (χ1v) is 14.5. The molecule has 1 saturated carbocycles. The third-order valence-corrected chi connectivity index (χ3v) is 8.20. The summed E-state index contributed by atoms with van der Waals surface area (Å²) < 4.78 is 19.2. The van der Waals surface area contributed by atoms with Gasteiger partial charge in [0, 0.05) is 30.5 Å². The summed E-state index contributed by atoms with van der Waals surface area (Å²) in [7, 11) is 0. The maximum atomic E-state index is 13.5.